The van der Waals surface area contributed by atoms with Crippen LogP contribution in [0, 0.1) is 0 Å². The van der Waals surface area contributed by atoms with Gasteiger partial charge in [-0.15, -0.1) is 0 Å². The Labute approximate surface area is 101 Å². The number of H-pyrrole nitrogens is 1. The van der Waals surface area contributed by atoms with E-state index in [0.29, 0.717) is 0 Å². The van der Waals surface area contributed by atoms with Crippen LogP contribution in [0.15, 0.2) is 6.20 Å². The molecular weight excluding hydrogens is 246 g/mol. The summed E-state index contributed by atoms with van der Waals surface area (Å²) in [7, 11) is 0. The van der Waals surface area contributed by atoms with Crippen molar-refractivity contribution in [2.24, 2.45) is 0 Å². The van der Waals surface area contributed by atoms with Crippen molar-refractivity contribution in [3.8, 4) is 0 Å². The lowest BCUT2D eigenvalue weighted by Crippen LogP contribution is -2.36. The van der Waals surface area contributed by atoms with E-state index >= 15 is 0 Å². The molecule has 1 unspecified atom stereocenters. The second kappa shape index (κ2) is 4.90. The first-order chi connectivity index (χ1) is 8.52. The number of carboxylic acids is 1. The number of aromatic carboxylic acids is 1. The Morgan fingerprint density at radius 1 is 1.50 bits per heavy atom. The Balaban J connectivity index is 2.03. The van der Waals surface area contributed by atoms with Gasteiger partial charge in [0.25, 0.3) is 0 Å². The molecule has 0 bridgehead atoms. The van der Waals surface area contributed by atoms with Crippen LogP contribution in [0.4, 0.5) is 5.82 Å². The molecule has 0 radical (unpaired) electrons. The van der Waals surface area contributed by atoms with Crippen LogP contribution in [0.5, 0.6) is 0 Å². The van der Waals surface area contributed by atoms with Gasteiger partial charge in [0.1, 0.15) is 24.1 Å². The molecule has 1 aromatic heterocycles. The topological polar surface area (TPSA) is 148 Å². The summed E-state index contributed by atoms with van der Waals surface area (Å²) in [5.41, 5.74) is 0. The Hall–Kier alpha value is -1.68. The van der Waals surface area contributed by atoms with E-state index in [2.05, 4.69) is 15.3 Å². The highest BCUT2D eigenvalue weighted by Gasteiger charge is 2.42. The lowest BCUT2D eigenvalue weighted by Gasteiger charge is -2.15. The molecule has 1 fully saturated rings. The molecule has 100 valence electrons. The van der Waals surface area contributed by atoms with Gasteiger partial charge in [-0.2, -0.15) is 0 Å². The quantitative estimate of drug-likeness (QED) is 0.362. The first-order valence-corrected chi connectivity index (χ1v) is 5.20. The number of imidazole rings is 1. The summed E-state index contributed by atoms with van der Waals surface area (Å²) in [4.78, 5) is 16.6. The van der Waals surface area contributed by atoms with Crippen LogP contribution in [0.25, 0.3) is 0 Å². The molecule has 6 N–H and O–H groups in total. The van der Waals surface area contributed by atoms with Crippen LogP contribution in [0.2, 0.25) is 0 Å². The fraction of sp³-hybridized carbons (Fsp3) is 0.556. The van der Waals surface area contributed by atoms with Crippen LogP contribution in [0.1, 0.15) is 10.6 Å². The summed E-state index contributed by atoms with van der Waals surface area (Å²) < 4.78 is 5.15. The van der Waals surface area contributed by atoms with Crippen LogP contribution in [-0.4, -0.2) is 67.5 Å². The number of nitrogens with zero attached hydrogens (tertiary/aromatic N) is 1. The molecule has 1 saturated heterocycles. The molecule has 9 nitrogen and oxygen atoms in total. The predicted molar refractivity (Wildman–Crippen MR) is 56.9 cm³/mol. The van der Waals surface area contributed by atoms with Crippen molar-refractivity contribution in [2.45, 2.75) is 24.5 Å². The average molecular weight is 259 g/mol. The van der Waals surface area contributed by atoms with E-state index in [9.17, 15) is 15.0 Å². The minimum absolute atomic E-state index is 0.224. The minimum Gasteiger partial charge on any atom is -0.475 e. The third-order valence-electron chi connectivity index (χ3n) is 2.62. The molecule has 18 heavy (non-hydrogen) atoms. The Kier molecular flexibility index (Phi) is 3.48. The number of carbonyl (C=O) groups is 1. The fourth-order valence-electron chi connectivity index (χ4n) is 1.68. The molecule has 0 aliphatic carbocycles. The number of hydrogen-bond donors (Lipinski definition) is 6. The summed E-state index contributed by atoms with van der Waals surface area (Å²) in [6.07, 6.45) is -3.08. The van der Waals surface area contributed by atoms with Crippen molar-refractivity contribution in [1.29, 1.82) is 0 Å². The molecule has 0 spiro atoms. The zero-order chi connectivity index (χ0) is 13.3. The molecule has 1 aliphatic rings. The Morgan fingerprint density at radius 3 is 2.72 bits per heavy atom. The smallest absolute Gasteiger partial charge is 0.371 e. The summed E-state index contributed by atoms with van der Waals surface area (Å²) in [5.74, 6) is -1.25. The molecule has 2 heterocycles. The number of ether oxygens (including phenoxy) is 1. The van der Waals surface area contributed by atoms with Crippen molar-refractivity contribution in [1.82, 2.24) is 9.97 Å². The van der Waals surface area contributed by atoms with Crippen molar-refractivity contribution in [2.75, 3.05) is 11.9 Å². The van der Waals surface area contributed by atoms with Gasteiger partial charge in [0, 0.05) is 0 Å². The monoisotopic (exact) mass is 259 g/mol. The van der Waals surface area contributed by atoms with Crippen molar-refractivity contribution in [3.63, 3.8) is 0 Å². The van der Waals surface area contributed by atoms with Gasteiger partial charge < -0.3 is 35.5 Å². The van der Waals surface area contributed by atoms with Gasteiger partial charge in [-0.3, -0.25) is 0 Å². The first-order valence-electron chi connectivity index (χ1n) is 5.20. The molecule has 0 saturated carbocycles. The summed E-state index contributed by atoms with van der Waals surface area (Å²) in [5, 5.41) is 39.3. The number of aliphatic hydroxyl groups excluding tert-OH is 3. The second-order valence-corrected chi connectivity index (χ2v) is 3.85. The number of aliphatic hydroxyl groups is 3. The van der Waals surface area contributed by atoms with E-state index in [1.165, 1.54) is 6.20 Å². The zero-order valence-corrected chi connectivity index (χ0v) is 9.15. The van der Waals surface area contributed by atoms with Crippen molar-refractivity contribution >= 4 is 11.8 Å². The largest absolute Gasteiger partial charge is 0.475 e. The number of aromatic amines is 1. The fourth-order valence-corrected chi connectivity index (χ4v) is 1.68. The Morgan fingerprint density at radius 2 is 2.22 bits per heavy atom. The van der Waals surface area contributed by atoms with Gasteiger partial charge in [-0.25, -0.2) is 9.78 Å². The standard InChI is InChI=1S/C9H13N3O6/c13-2-3-5(14)6(15)8(18-3)12-4-1-10-7(11-4)9(16)17/h1,3,5-6,8,12-15H,2H2,(H,10,11)(H,16,17)/t3-,5-,6-,8?/m1/s1. The molecule has 9 heteroatoms. The van der Waals surface area contributed by atoms with Gasteiger partial charge in [0.15, 0.2) is 6.23 Å². The summed E-state index contributed by atoms with van der Waals surface area (Å²) in [6, 6.07) is 0. The Bertz CT molecular complexity index is 436. The van der Waals surface area contributed by atoms with E-state index in [-0.39, 0.29) is 11.6 Å². The van der Waals surface area contributed by atoms with E-state index in [1.807, 2.05) is 0 Å². The van der Waals surface area contributed by atoms with E-state index in [0.717, 1.165) is 0 Å². The van der Waals surface area contributed by atoms with Crippen molar-refractivity contribution < 1.29 is 30.0 Å². The highest BCUT2D eigenvalue weighted by Crippen LogP contribution is 2.22. The summed E-state index contributed by atoms with van der Waals surface area (Å²) >= 11 is 0. The maximum Gasteiger partial charge on any atom is 0.371 e. The lowest BCUT2D eigenvalue weighted by atomic mass is 10.1. The average Bonchev–Trinajstić information content (AvgIpc) is 2.90. The van der Waals surface area contributed by atoms with Crippen molar-refractivity contribution in [3.05, 3.63) is 12.0 Å². The maximum absolute atomic E-state index is 10.6. The van der Waals surface area contributed by atoms with Crippen LogP contribution in [-0.2, 0) is 4.74 Å². The summed E-state index contributed by atoms with van der Waals surface area (Å²) in [6.45, 7) is -0.431. The molecular formula is C9H13N3O6. The highest BCUT2D eigenvalue weighted by atomic mass is 16.6. The zero-order valence-electron chi connectivity index (χ0n) is 9.15. The highest BCUT2D eigenvalue weighted by molar-refractivity contribution is 5.83. The molecule has 1 aromatic rings. The van der Waals surface area contributed by atoms with Gasteiger partial charge in [-0.05, 0) is 0 Å². The number of rotatable bonds is 4. The molecule has 0 amide bonds. The van der Waals surface area contributed by atoms with E-state index < -0.39 is 37.1 Å². The maximum atomic E-state index is 10.6. The number of carboxylic acid groups (broad SMARTS) is 1. The third kappa shape index (κ3) is 2.29. The van der Waals surface area contributed by atoms with Gasteiger partial charge >= 0.3 is 5.97 Å². The third-order valence-corrected chi connectivity index (χ3v) is 2.62. The SMILES string of the molecule is O=C(O)c1ncc(NC2O[C@H](CO)[C@@H](O)[C@H]2O)[nH]1. The number of aromatic nitrogens is 2. The van der Waals surface area contributed by atoms with Crippen LogP contribution < -0.4 is 5.32 Å². The first kappa shape index (κ1) is 12.8. The lowest BCUT2D eigenvalue weighted by molar-refractivity contribution is -0.0153. The van der Waals surface area contributed by atoms with Crippen LogP contribution >= 0.6 is 0 Å². The predicted octanol–water partition coefficient (Wildman–Crippen LogP) is -2.04. The molecule has 1 aliphatic heterocycles. The number of nitrogens with one attached hydrogen (secondary N) is 2. The minimum atomic E-state index is -1.24. The van der Waals surface area contributed by atoms with Gasteiger partial charge in [-0.1, -0.05) is 0 Å². The second-order valence-electron chi connectivity index (χ2n) is 3.85. The van der Waals surface area contributed by atoms with E-state index in [4.69, 9.17) is 14.9 Å². The van der Waals surface area contributed by atoms with Crippen LogP contribution in [0.3, 0.4) is 0 Å². The molecule has 2 rings (SSSR count). The number of anilines is 1. The number of hydrogen-bond acceptors (Lipinski definition) is 7. The molecule has 4 atom stereocenters. The van der Waals surface area contributed by atoms with E-state index in [1.54, 1.807) is 0 Å². The van der Waals surface area contributed by atoms with Gasteiger partial charge in [0.2, 0.25) is 5.82 Å². The van der Waals surface area contributed by atoms with Gasteiger partial charge in [0.05, 0.1) is 12.8 Å². The normalized spacial score (nSPS) is 31.5. The molecule has 0 aromatic carbocycles.